The van der Waals surface area contributed by atoms with Crippen LogP contribution in [0.15, 0.2) is 77.7 Å². The minimum Gasteiger partial charge on any atom is -0.497 e. The molecule has 0 spiro atoms. The number of aryl methyl sites for hydroxylation is 1. The summed E-state index contributed by atoms with van der Waals surface area (Å²) in [6.07, 6.45) is -2.83. The van der Waals surface area contributed by atoms with Gasteiger partial charge in [0, 0.05) is 22.8 Å². The standard InChI is InChI=1S/C26H21F3N2O3/c1-16-3-12-21-23(13-16)31(14-22(25(21)33)17-4-10-20(34-2)11-5-17)15-24(32)30-19-8-6-18(7-9-19)26(27,28)29/h3-14H,15H2,1-2H3,(H,30,32). The van der Waals surface area contributed by atoms with Crippen LogP contribution in [0.5, 0.6) is 5.75 Å². The highest BCUT2D eigenvalue weighted by atomic mass is 19.4. The quantitative estimate of drug-likeness (QED) is 0.414. The van der Waals surface area contributed by atoms with Gasteiger partial charge >= 0.3 is 6.18 Å². The van der Waals surface area contributed by atoms with Crippen LogP contribution in [0, 0.1) is 6.92 Å². The van der Waals surface area contributed by atoms with E-state index in [1.165, 1.54) is 12.1 Å². The molecule has 0 unspecified atom stereocenters. The summed E-state index contributed by atoms with van der Waals surface area (Å²) in [5.74, 6) is 0.211. The highest BCUT2D eigenvalue weighted by molar-refractivity contribution is 5.92. The molecule has 0 fully saturated rings. The van der Waals surface area contributed by atoms with Crippen LogP contribution in [-0.4, -0.2) is 17.6 Å². The van der Waals surface area contributed by atoms with E-state index in [2.05, 4.69) is 5.32 Å². The number of pyridine rings is 1. The number of rotatable bonds is 5. The van der Waals surface area contributed by atoms with Crippen LogP contribution in [0.1, 0.15) is 11.1 Å². The van der Waals surface area contributed by atoms with E-state index in [9.17, 15) is 22.8 Å². The average molecular weight is 466 g/mol. The number of nitrogens with zero attached hydrogens (tertiary/aromatic N) is 1. The molecule has 1 amide bonds. The van der Waals surface area contributed by atoms with Crippen molar-refractivity contribution in [2.45, 2.75) is 19.6 Å². The van der Waals surface area contributed by atoms with E-state index in [0.717, 1.165) is 17.7 Å². The number of carbonyl (C=O) groups is 1. The molecule has 0 aliphatic rings. The Morgan fingerprint density at radius 1 is 1.00 bits per heavy atom. The van der Waals surface area contributed by atoms with Crippen LogP contribution in [0.2, 0.25) is 0 Å². The topological polar surface area (TPSA) is 60.3 Å². The van der Waals surface area contributed by atoms with Gasteiger partial charge in [-0.2, -0.15) is 13.2 Å². The molecule has 0 saturated heterocycles. The summed E-state index contributed by atoms with van der Waals surface area (Å²) in [6, 6.07) is 16.6. The van der Waals surface area contributed by atoms with Crippen molar-refractivity contribution in [1.82, 2.24) is 4.57 Å². The molecule has 174 valence electrons. The number of fused-ring (bicyclic) bond motifs is 1. The number of amides is 1. The van der Waals surface area contributed by atoms with Crippen molar-refractivity contribution in [3.05, 3.63) is 94.3 Å². The molecule has 5 nitrogen and oxygen atoms in total. The molecule has 4 aromatic rings. The SMILES string of the molecule is COc1ccc(-c2cn(CC(=O)Nc3ccc(C(F)(F)F)cc3)c3cc(C)ccc3c2=O)cc1. The lowest BCUT2D eigenvalue weighted by Crippen LogP contribution is -2.21. The number of nitrogens with one attached hydrogen (secondary N) is 1. The maximum absolute atomic E-state index is 13.2. The van der Waals surface area contributed by atoms with Crippen molar-refractivity contribution in [3.63, 3.8) is 0 Å². The maximum Gasteiger partial charge on any atom is 0.416 e. The summed E-state index contributed by atoms with van der Waals surface area (Å²) in [5.41, 5.74) is 1.88. The van der Waals surface area contributed by atoms with Crippen molar-refractivity contribution < 1.29 is 22.7 Å². The number of methoxy groups -OCH3 is 1. The van der Waals surface area contributed by atoms with Crippen LogP contribution >= 0.6 is 0 Å². The number of carbonyl (C=O) groups excluding carboxylic acids is 1. The van der Waals surface area contributed by atoms with E-state index in [0.29, 0.717) is 27.8 Å². The Morgan fingerprint density at radius 2 is 1.68 bits per heavy atom. The number of alkyl halides is 3. The van der Waals surface area contributed by atoms with Gasteiger partial charge in [0.2, 0.25) is 5.91 Å². The summed E-state index contributed by atoms with van der Waals surface area (Å²) in [7, 11) is 1.55. The Morgan fingerprint density at radius 3 is 2.29 bits per heavy atom. The molecule has 4 rings (SSSR count). The molecular weight excluding hydrogens is 445 g/mol. The molecule has 0 aliphatic heterocycles. The molecule has 0 atom stereocenters. The van der Waals surface area contributed by atoms with Crippen LogP contribution in [0.4, 0.5) is 18.9 Å². The van der Waals surface area contributed by atoms with Gasteiger partial charge in [0.15, 0.2) is 5.43 Å². The van der Waals surface area contributed by atoms with Gasteiger partial charge in [-0.1, -0.05) is 18.2 Å². The Hall–Kier alpha value is -4.07. The number of aromatic nitrogens is 1. The Labute approximate surface area is 193 Å². The molecule has 1 N–H and O–H groups in total. The first-order chi connectivity index (χ1) is 16.2. The lowest BCUT2D eigenvalue weighted by Gasteiger charge is -2.15. The molecule has 8 heteroatoms. The summed E-state index contributed by atoms with van der Waals surface area (Å²) >= 11 is 0. The van der Waals surface area contributed by atoms with E-state index >= 15 is 0 Å². The highest BCUT2D eigenvalue weighted by Crippen LogP contribution is 2.30. The molecule has 0 bridgehead atoms. The van der Waals surface area contributed by atoms with Gasteiger partial charge in [0.1, 0.15) is 12.3 Å². The first-order valence-electron chi connectivity index (χ1n) is 10.4. The second-order valence-electron chi connectivity index (χ2n) is 7.87. The molecule has 34 heavy (non-hydrogen) atoms. The third kappa shape index (κ3) is 4.80. The summed E-state index contributed by atoms with van der Waals surface area (Å²) in [4.78, 5) is 26.0. The smallest absolute Gasteiger partial charge is 0.416 e. The number of anilines is 1. The molecular formula is C26H21F3N2O3. The van der Waals surface area contributed by atoms with Gasteiger partial charge in [0.25, 0.3) is 0 Å². The average Bonchev–Trinajstić information content (AvgIpc) is 2.80. The highest BCUT2D eigenvalue weighted by Gasteiger charge is 2.30. The summed E-state index contributed by atoms with van der Waals surface area (Å²) in [6.45, 7) is 1.75. The zero-order valence-corrected chi connectivity index (χ0v) is 18.4. The van der Waals surface area contributed by atoms with Crippen molar-refractivity contribution in [2.75, 3.05) is 12.4 Å². The molecule has 3 aromatic carbocycles. The normalized spacial score (nSPS) is 11.4. The third-order valence-corrected chi connectivity index (χ3v) is 5.45. The van der Waals surface area contributed by atoms with Crippen molar-refractivity contribution in [3.8, 4) is 16.9 Å². The first kappa shape index (κ1) is 23.1. The van der Waals surface area contributed by atoms with E-state index in [1.54, 1.807) is 48.2 Å². The molecule has 1 heterocycles. The van der Waals surface area contributed by atoms with Crippen LogP contribution in [0.25, 0.3) is 22.0 Å². The minimum atomic E-state index is -4.45. The fourth-order valence-electron chi connectivity index (χ4n) is 3.71. The second kappa shape index (κ2) is 9.05. The van der Waals surface area contributed by atoms with E-state index in [4.69, 9.17) is 4.74 Å². The lowest BCUT2D eigenvalue weighted by atomic mass is 10.0. The van der Waals surface area contributed by atoms with E-state index in [1.807, 2.05) is 19.1 Å². The predicted molar refractivity (Wildman–Crippen MR) is 125 cm³/mol. The van der Waals surface area contributed by atoms with E-state index < -0.39 is 17.6 Å². The second-order valence-corrected chi connectivity index (χ2v) is 7.87. The monoisotopic (exact) mass is 466 g/mol. The van der Waals surface area contributed by atoms with Crippen LogP contribution in [0.3, 0.4) is 0 Å². The number of benzene rings is 3. The van der Waals surface area contributed by atoms with Gasteiger partial charge in [-0.3, -0.25) is 9.59 Å². The van der Waals surface area contributed by atoms with E-state index in [-0.39, 0.29) is 17.7 Å². The Balaban J connectivity index is 1.69. The molecule has 0 saturated carbocycles. The first-order valence-corrected chi connectivity index (χ1v) is 10.4. The zero-order valence-electron chi connectivity index (χ0n) is 18.4. The number of hydrogen-bond donors (Lipinski definition) is 1. The Kier molecular flexibility index (Phi) is 6.15. The van der Waals surface area contributed by atoms with Gasteiger partial charge in [0.05, 0.1) is 18.2 Å². The molecule has 0 radical (unpaired) electrons. The fourth-order valence-corrected chi connectivity index (χ4v) is 3.71. The van der Waals surface area contributed by atoms with Gasteiger partial charge in [-0.15, -0.1) is 0 Å². The number of hydrogen-bond acceptors (Lipinski definition) is 3. The summed E-state index contributed by atoms with van der Waals surface area (Å²) < 4.78 is 45.2. The Bertz CT molecular complexity index is 1410. The fraction of sp³-hybridized carbons (Fsp3) is 0.154. The third-order valence-electron chi connectivity index (χ3n) is 5.45. The van der Waals surface area contributed by atoms with Crippen molar-refractivity contribution in [1.29, 1.82) is 0 Å². The lowest BCUT2D eigenvalue weighted by molar-refractivity contribution is -0.137. The van der Waals surface area contributed by atoms with Crippen LogP contribution < -0.4 is 15.5 Å². The van der Waals surface area contributed by atoms with Crippen molar-refractivity contribution >= 4 is 22.5 Å². The van der Waals surface area contributed by atoms with Gasteiger partial charge in [-0.05, 0) is 66.6 Å². The zero-order chi connectivity index (χ0) is 24.5. The van der Waals surface area contributed by atoms with Gasteiger partial charge < -0.3 is 14.6 Å². The summed E-state index contributed by atoms with van der Waals surface area (Å²) in [5, 5.41) is 3.08. The number of ether oxygens (including phenoxy) is 1. The van der Waals surface area contributed by atoms with Gasteiger partial charge in [-0.25, -0.2) is 0 Å². The predicted octanol–water partition coefficient (Wildman–Crippen LogP) is 5.64. The maximum atomic E-state index is 13.2. The molecule has 1 aromatic heterocycles. The minimum absolute atomic E-state index is 0.135. The van der Waals surface area contributed by atoms with Crippen molar-refractivity contribution in [2.24, 2.45) is 0 Å². The molecule has 0 aliphatic carbocycles. The number of halogens is 3. The largest absolute Gasteiger partial charge is 0.497 e. The van der Waals surface area contributed by atoms with Crippen LogP contribution in [-0.2, 0) is 17.5 Å².